The Kier molecular flexibility index (Phi) is 7.39. The number of unbranched alkanes of at least 4 members (excludes halogenated alkanes) is 2. The molecule has 3 rings (SSSR count). The molecule has 2 N–H and O–H groups in total. The van der Waals surface area contributed by atoms with Crippen LogP contribution >= 0.6 is 0 Å². The third-order valence-electron chi connectivity index (χ3n) is 5.37. The van der Waals surface area contributed by atoms with E-state index in [0.717, 1.165) is 19.3 Å². The molecule has 29 heavy (non-hydrogen) atoms. The Hall–Kier alpha value is -2.25. The first-order chi connectivity index (χ1) is 14.0. The molecule has 1 fully saturated rings. The van der Waals surface area contributed by atoms with E-state index in [2.05, 4.69) is 11.7 Å². The molecule has 0 radical (unpaired) electrons. The number of esters is 1. The van der Waals surface area contributed by atoms with Crippen LogP contribution in [0.25, 0.3) is 0 Å². The van der Waals surface area contributed by atoms with E-state index in [-0.39, 0.29) is 24.7 Å². The van der Waals surface area contributed by atoms with E-state index in [9.17, 15) is 15.0 Å². The van der Waals surface area contributed by atoms with Gasteiger partial charge in [-0.2, -0.15) is 0 Å². The van der Waals surface area contributed by atoms with Crippen LogP contribution in [-0.2, 0) is 9.53 Å². The first-order valence-corrected chi connectivity index (χ1v) is 10.2. The highest BCUT2D eigenvalue weighted by Gasteiger charge is 2.47. The van der Waals surface area contributed by atoms with Crippen LogP contribution in [-0.4, -0.2) is 54.3 Å². The van der Waals surface area contributed by atoms with Crippen LogP contribution in [0.1, 0.15) is 39.0 Å². The molecule has 2 aliphatic rings. The number of ether oxygens (including phenoxy) is 4. The number of hydrogen-bond acceptors (Lipinski definition) is 7. The molecule has 0 spiro atoms. The van der Waals surface area contributed by atoms with Gasteiger partial charge in [0, 0.05) is 12.3 Å². The number of fused-ring (bicyclic) bond motifs is 2. The SMILES string of the molecule is CCCCC[C@@H](O)/C=C/[C@H]1[C@@H]2Oc3cccc(OCC(=O)OC)c3O[C@@H]2C[C@@H]1O. The number of hydrogen-bond donors (Lipinski definition) is 2. The summed E-state index contributed by atoms with van der Waals surface area (Å²) >= 11 is 0. The second kappa shape index (κ2) is 9.98. The van der Waals surface area contributed by atoms with Crippen LogP contribution in [0.5, 0.6) is 17.2 Å². The van der Waals surface area contributed by atoms with Crippen LogP contribution < -0.4 is 14.2 Å². The second-order valence-corrected chi connectivity index (χ2v) is 7.52. The molecular formula is C22H30O7. The summed E-state index contributed by atoms with van der Waals surface area (Å²) in [7, 11) is 1.30. The van der Waals surface area contributed by atoms with Gasteiger partial charge in [-0.25, -0.2) is 4.79 Å². The van der Waals surface area contributed by atoms with E-state index in [0.29, 0.717) is 30.1 Å². The van der Waals surface area contributed by atoms with E-state index < -0.39 is 18.2 Å². The molecule has 1 saturated carbocycles. The molecule has 5 atom stereocenters. The summed E-state index contributed by atoms with van der Waals surface area (Å²) in [4.78, 5) is 11.4. The predicted molar refractivity (Wildman–Crippen MR) is 106 cm³/mol. The molecule has 160 valence electrons. The lowest BCUT2D eigenvalue weighted by Crippen LogP contribution is -2.39. The minimum Gasteiger partial charge on any atom is -0.482 e. The Bertz CT molecular complexity index is 717. The zero-order valence-corrected chi connectivity index (χ0v) is 17.0. The Morgan fingerprint density at radius 3 is 2.93 bits per heavy atom. The lowest BCUT2D eigenvalue weighted by atomic mass is 10.00. The standard InChI is InChI=1S/C22H30O7/c1-3-4-5-7-14(23)10-11-15-16(24)12-19-21(15)28-18-9-6-8-17(22(18)29-19)27-13-20(25)26-2/h6,8-11,14-16,19,21,23-24H,3-5,7,12-13H2,1-2H3/b11-10+/t14-,15-,16+,19-,21+/m1/s1. The fourth-order valence-corrected chi connectivity index (χ4v) is 3.77. The maximum absolute atomic E-state index is 11.4. The van der Waals surface area contributed by atoms with Crippen molar-refractivity contribution in [3.8, 4) is 17.2 Å². The zero-order valence-electron chi connectivity index (χ0n) is 17.0. The summed E-state index contributed by atoms with van der Waals surface area (Å²) in [6.45, 7) is 1.90. The Morgan fingerprint density at radius 2 is 2.17 bits per heavy atom. The van der Waals surface area contributed by atoms with Gasteiger partial charge in [0.2, 0.25) is 5.75 Å². The average Bonchev–Trinajstić information content (AvgIpc) is 3.02. The van der Waals surface area contributed by atoms with Crippen molar-refractivity contribution < 1.29 is 34.0 Å². The number of rotatable bonds is 9. The summed E-state index contributed by atoms with van der Waals surface area (Å²) in [5.41, 5.74) is 0. The fourth-order valence-electron chi connectivity index (χ4n) is 3.77. The average molecular weight is 406 g/mol. The second-order valence-electron chi connectivity index (χ2n) is 7.52. The number of para-hydroxylation sites is 1. The monoisotopic (exact) mass is 406 g/mol. The molecule has 1 heterocycles. The minimum absolute atomic E-state index is 0.228. The van der Waals surface area contributed by atoms with Gasteiger partial charge in [-0.05, 0) is 18.6 Å². The van der Waals surface area contributed by atoms with Gasteiger partial charge in [0.15, 0.2) is 18.1 Å². The zero-order chi connectivity index (χ0) is 20.8. The van der Waals surface area contributed by atoms with E-state index in [1.54, 1.807) is 24.3 Å². The van der Waals surface area contributed by atoms with Crippen LogP contribution in [0.3, 0.4) is 0 Å². The summed E-state index contributed by atoms with van der Waals surface area (Å²) in [5, 5.41) is 20.7. The highest BCUT2D eigenvalue weighted by Crippen LogP contribution is 2.46. The molecule has 7 nitrogen and oxygen atoms in total. The predicted octanol–water partition coefficient (Wildman–Crippen LogP) is 2.63. The van der Waals surface area contributed by atoms with Crippen molar-refractivity contribution in [1.29, 1.82) is 0 Å². The van der Waals surface area contributed by atoms with Gasteiger partial charge in [-0.15, -0.1) is 0 Å². The van der Waals surface area contributed by atoms with Gasteiger partial charge in [0.05, 0.1) is 19.3 Å². The molecular weight excluding hydrogens is 376 g/mol. The minimum atomic E-state index is -0.627. The van der Waals surface area contributed by atoms with E-state index in [1.807, 2.05) is 6.08 Å². The van der Waals surface area contributed by atoms with Crippen LogP contribution in [0.15, 0.2) is 30.4 Å². The molecule has 0 saturated heterocycles. The van der Waals surface area contributed by atoms with Crippen molar-refractivity contribution in [2.45, 2.75) is 63.4 Å². The number of benzene rings is 1. The highest BCUT2D eigenvalue weighted by atomic mass is 16.6. The molecule has 1 aliphatic heterocycles. The smallest absolute Gasteiger partial charge is 0.343 e. The van der Waals surface area contributed by atoms with Crippen molar-refractivity contribution >= 4 is 5.97 Å². The summed E-state index contributed by atoms with van der Waals surface area (Å²) in [6.07, 6.45) is 6.05. The molecule has 1 aromatic rings. The van der Waals surface area contributed by atoms with Crippen LogP contribution in [0.4, 0.5) is 0 Å². The third kappa shape index (κ3) is 5.22. The first-order valence-electron chi connectivity index (χ1n) is 10.2. The van der Waals surface area contributed by atoms with Gasteiger partial charge in [0.1, 0.15) is 12.2 Å². The van der Waals surface area contributed by atoms with Crippen molar-refractivity contribution in [3.05, 3.63) is 30.4 Å². The van der Waals surface area contributed by atoms with Crippen molar-refractivity contribution in [1.82, 2.24) is 0 Å². The van der Waals surface area contributed by atoms with Crippen LogP contribution in [0.2, 0.25) is 0 Å². The van der Waals surface area contributed by atoms with Crippen LogP contribution in [0, 0.1) is 5.92 Å². The largest absolute Gasteiger partial charge is 0.482 e. The maximum Gasteiger partial charge on any atom is 0.343 e. The van der Waals surface area contributed by atoms with Gasteiger partial charge in [-0.1, -0.05) is 44.4 Å². The fraction of sp³-hybridized carbons (Fsp3) is 0.591. The van der Waals surface area contributed by atoms with Gasteiger partial charge in [-0.3, -0.25) is 0 Å². The normalized spacial score (nSPS) is 26.2. The maximum atomic E-state index is 11.4. The van der Waals surface area contributed by atoms with Crippen molar-refractivity contribution in [2.24, 2.45) is 5.92 Å². The molecule has 1 aliphatic carbocycles. The Morgan fingerprint density at radius 1 is 1.34 bits per heavy atom. The summed E-state index contributed by atoms with van der Waals surface area (Å²) < 4.78 is 22.3. The van der Waals surface area contributed by atoms with E-state index >= 15 is 0 Å². The number of aliphatic hydroxyl groups excluding tert-OH is 2. The quantitative estimate of drug-likeness (QED) is 0.370. The lowest BCUT2D eigenvalue weighted by Gasteiger charge is -2.32. The molecule has 0 unspecified atom stereocenters. The number of aliphatic hydroxyl groups is 2. The Balaban J connectivity index is 1.68. The summed E-state index contributed by atoms with van der Waals surface area (Å²) in [5.74, 6) is 0.565. The molecule has 1 aromatic carbocycles. The molecule has 0 aromatic heterocycles. The van der Waals surface area contributed by atoms with Gasteiger partial charge < -0.3 is 29.2 Å². The lowest BCUT2D eigenvalue weighted by molar-refractivity contribution is -0.143. The van der Waals surface area contributed by atoms with Gasteiger partial charge in [0.25, 0.3) is 0 Å². The van der Waals surface area contributed by atoms with Crippen molar-refractivity contribution in [2.75, 3.05) is 13.7 Å². The Labute approximate surface area is 171 Å². The first kappa shape index (κ1) is 21.5. The number of methoxy groups -OCH3 is 1. The number of carbonyl (C=O) groups excluding carboxylic acids is 1. The third-order valence-corrected chi connectivity index (χ3v) is 5.37. The summed E-state index contributed by atoms with van der Waals surface area (Å²) in [6, 6.07) is 5.21. The molecule has 0 amide bonds. The molecule has 0 bridgehead atoms. The molecule has 7 heteroatoms. The van der Waals surface area contributed by atoms with Crippen molar-refractivity contribution in [3.63, 3.8) is 0 Å². The van der Waals surface area contributed by atoms with E-state index in [4.69, 9.17) is 14.2 Å². The van der Waals surface area contributed by atoms with E-state index in [1.165, 1.54) is 7.11 Å². The highest BCUT2D eigenvalue weighted by molar-refractivity contribution is 5.71. The number of carbonyl (C=O) groups is 1. The van der Waals surface area contributed by atoms with Gasteiger partial charge >= 0.3 is 5.97 Å². The topological polar surface area (TPSA) is 94.5 Å².